The van der Waals surface area contributed by atoms with Crippen LogP contribution in [0.25, 0.3) is 0 Å². The third-order valence-corrected chi connectivity index (χ3v) is 2.37. The van der Waals surface area contributed by atoms with E-state index >= 15 is 0 Å². The van der Waals surface area contributed by atoms with Crippen LogP contribution in [0.1, 0.15) is 0 Å². The molecule has 0 radical (unpaired) electrons. The minimum Gasteiger partial charge on any atom is -0.492 e. The molecule has 0 saturated heterocycles. The van der Waals surface area contributed by atoms with E-state index in [0.29, 0.717) is 18.9 Å². The zero-order chi connectivity index (χ0) is 14.3. The van der Waals surface area contributed by atoms with Gasteiger partial charge in [0.2, 0.25) is 5.91 Å². The highest BCUT2D eigenvalue weighted by Gasteiger charge is 2.04. The number of nitro groups is 1. The van der Waals surface area contributed by atoms with E-state index in [1.165, 1.54) is 17.0 Å². The Morgan fingerprint density at radius 3 is 2.53 bits per heavy atom. The standard InChI is InChI=1S/C12H17N3O4/c1-14(2)12(16)9-13-7-8-19-11-5-3-10(4-6-11)15(17)18/h3-6,13H,7-9H2,1-2H3. The zero-order valence-corrected chi connectivity index (χ0v) is 11.0. The van der Waals surface area contributed by atoms with Crippen LogP contribution < -0.4 is 10.1 Å². The first kappa shape index (κ1) is 14.9. The Morgan fingerprint density at radius 2 is 2.00 bits per heavy atom. The first-order valence-electron chi connectivity index (χ1n) is 5.79. The third kappa shape index (κ3) is 5.35. The Morgan fingerprint density at radius 1 is 1.37 bits per heavy atom. The molecule has 0 aliphatic carbocycles. The summed E-state index contributed by atoms with van der Waals surface area (Å²) in [6.07, 6.45) is 0. The average Bonchev–Trinajstić information content (AvgIpc) is 2.38. The maximum atomic E-state index is 11.2. The molecule has 1 N–H and O–H groups in total. The summed E-state index contributed by atoms with van der Waals surface area (Å²) in [4.78, 5) is 22.7. The van der Waals surface area contributed by atoms with Crippen molar-refractivity contribution in [2.75, 3.05) is 33.8 Å². The van der Waals surface area contributed by atoms with Gasteiger partial charge in [-0.3, -0.25) is 14.9 Å². The molecule has 0 heterocycles. The van der Waals surface area contributed by atoms with E-state index in [1.807, 2.05) is 0 Å². The summed E-state index contributed by atoms with van der Waals surface area (Å²) >= 11 is 0. The van der Waals surface area contributed by atoms with Crippen LogP contribution in [-0.4, -0.2) is 49.5 Å². The molecule has 19 heavy (non-hydrogen) atoms. The Kier molecular flexibility index (Phi) is 5.74. The molecule has 0 aliphatic heterocycles. The largest absolute Gasteiger partial charge is 0.492 e. The van der Waals surface area contributed by atoms with Crippen molar-refractivity contribution in [1.82, 2.24) is 10.2 Å². The molecule has 0 unspecified atom stereocenters. The van der Waals surface area contributed by atoms with Crippen molar-refractivity contribution >= 4 is 11.6 Å². The highest BCUT2D eigenvalue weighted by Crippen LogP contribution is 2.16. The molecule has 1 rings (SSSR count). The number of carbonyl (C=O) groups excluding carboxylic acids is 1. The highest BCUT2D eigenvalue weighted by molar-refractivity contribution is 5.77. The number of nitrogens with zero attached hydrogens (tertiary/aromatic N) is 2. The Labute approximate surface area is 111 Å². The smallest absolute Gasteiger partial charge is 0.269 e. The second kappa shape index (κ2) is 7.32. The Balaban J connectivity index is 2.22. The van der Waals surface area contributed by atoms with Crippen LogP contribution in [-0.2, 0) is 4.79 Å². The number of hydrogen-bond donors (Lipinski definition) is 1. The minimum atomic E-state index is -0.460. The topological polar surface area (TPSA) is 84.7 Å². The highest BCUT2D eigenvalue weighted by atomic mass is 16.6. The molecule has 1 amide bonds. The molecule has 0 bridgehead atoms. The molecule has 0 fully saturated rings. The maximum absolute atomic E-state index is 11.2. The molecule has 0 spiro atoms. The lowest BCUT2D eigenvalue weighted by Gasteiger charge is -2.11. The van der Waals surface area contributed by atoms with Gasteiger partial charge in [0.25, 0.3) is 5.69 Å². The number of hydrogen-bond acceptors (Lipinski definition) is 5. The second-order valence-electron chi connectivity index (χ2n) is 4.06. The van der Waals surface area contributed by atoms with Gasteiger partial charge in [-0.1, -0.05) is 0 Å². The first-order chi connectivity index (χ1) is 9.00. The molecule has 0 saturated carbocycles. The van der Waals surface area contributed by atoms with Crippen LogP contribution in [0.2, 0.25) is 0 Å². The summed E-state index contributed by atoms with van der Waals surface area (Å²) in [5.74, 6) is 0.557. The van der Waals surface area contributed by atoms with Crippen LogP contribution in [0.15, 0.2) is 24.3 Å². The summed E-state index contributed by atoms with van der Waals surface area (Å²) < 4.78 is 5.37. The molecule has 7 nitrogen and oxygen atoms in total. The lowest BCUT2D eigenvalue weighted by Crippen LogP contribution is -2.34. The predicted octanol–water partition coefficient (Wildman–Crippen LogP) is 0.651. The van der Waals surface area contributed by atoms with Crippen molar-refractivity contribution in [3.8, 4) is 5.75 Å². The molecule has 0 aromatic heterocycles. The molecule has 1 aromatic rings. The second-order valence-corrected chi connectivity index (χ2v) is 4.06. The van der Waals surface area contributed by atoms with Crippen molar-refractivity contribution in [1.29, 1.82) is 0 Å². The number of carbonyl (C=O) groups is 1. The van der Waals surface area contributed by atoms with Crippen LogP contribution in [0.4, 0.5) is 5.69 Å². The fraction of sp³-hybridized carbons (Fsp3) is 0.417. The van der Waals surface area contributed by atoms with Crippen LogP contribution in [0.5, 0.6) is 5.75 Å². The fourth-order valence-electron chi connectivity index (χ4n) is 1.26. The van der Waals surface area contributed by atoms with E-state index in [-0.39, 0.29) is 18.1 Å². The predicted molar refractivity (Wildman–Crippen MR) is 70.2 cm³/mol. The van der Waals surface area contributed by atoms with Crippen molar-refractivity contribution in [2.24, 2.45) is 0 Å². The molecule has 0 aliphatic rings. The van der Waals surface area contributed by atoms with Gasteiger partial charge >= 0.3 is 0 Å². The summed E-state index contributed by atoms with van der Waals surface area (Å²) in [5.41, 5.74) is 0.0297. The number of likely N-dealkylation sites (N-methyl/N-ethyl adjacent to an activating group) is 1. The van der Waals surface area contributed by atoms with Gasteiger partial charge in [0.05, 0.1) is 11.5 Å². The fourth-order valence-corrected chi connectivity index (χ4v) is 1.26. The summed E-state index contributed by atoms with van der Waals surface area (Å²) in [6, 6.07) is 5.86. The number of amides is 1. The molecular formula is C12H17N3O4. The average molecular weight is 267 g/mol. The lowest BCUT2D eigenvalue weighted by molar-refractivity contribution is -0.384. The SMILES string of the molecule is CN(C)C(=O)CNCCOc1ccc([N+](=O)[O-])cc1. The van der Waals surface area contributed by atoms with Crippen molar-refractivity contribution in [3.05, 3.63) is 34.4 Å². The lowest BCUT2D eigenvalue weighted by atomic mass is 10.3. The molecule has 104 valence electrons. The van der Waals surface area contributed by atoms with E-state index in [0.717, 1.165) is 0 Å². The van der Waals surface area contributed by atoms with Gasteiger partial charge in [-0.2, -0.15) is 0 Å². The van der Waals surface area contributed by atoms with Gasteiger partial charge in [0.1, 0.15) is 12.4 Å². The quantitative estimate of drug-likeness (QED) is 0.445. The Bertz CT molecular complexity index is 431. The number of non-ortho nitro benzene ring substituents is 1. The zero-order valence-electron chi connectivity index (χ0n) is 11.0. The van der Waals surface area contributed by atoms with Crippen LogP contribution in [0, 0.1) is 10.1 Å². The normalized spacial score (nSPS) is 10.0. The number of ether oxygens (including phenoxy) is 1. The van der Waals surface area contributed by atoms with Crippen LogP contribution >= 0.6 is 0 Å². The van der Waals surface area contributed by atoms with Gasteiger partial charge in [0, 0.05) is 32.8 Å². The van der Waals surface area contributed by atoms with E-state index in [2.05, 4.69) is 5.32 Å². The van der Waals surface area contributed by atoms with Gasteiger partial charge in [-0.25, -0.2) is 0 Å². The van der Waals surface area contributed by atoms with E-state index in [1.54, 1.807) is 26.2 Å². The molecule has 0 atom stereocenters. The van der Waals surface area contributed by atoms with E-state index in [4.69, 9.17) is 4.74 Å². The summed E-state index contributed by atoms with van der Waals surface area (Å²) in [7, 11) is 3.38. The minimum absolute atomic E-state index is 0.00432. The first-order valence-corrected chi connectivity index (χ1v) is 5.79. The number of nitrogens with one attached hydrogen (secondary N) is 1. The van der Waals surface area contributed by atoms with Gasteiger partial charge in [-0.05, 0) is 12.1 Å². The van der Waals surface area contributed by atoms with Gasteiger partial charge in [0.15, 0.2) is 0 Å². The summed E-state index contributed by atoms with van der Waals surface area (Å²) in [5, 5.41) is 13.4. The summed E-state index contributed by atoms with van der Waals surface area (Å²) in [6.45, 7) is 1.17. The maximum Gasteiger partial charge on any atom is 0.269 e. The van der Waals surface area contributed by atoms with Crippen molar-refractivity contribution in [3.63, 3.8) is 0 Å². The Hall–Kier alpha value is -2.15. The van der Waals surface area contributed by atoms with Crippen LogP contribution in [0.3, 0.4) is 0 Å². The number of benzene rings is 1. The monoisotopic (exact) mass is 267 g/mol. The van der Waals surface area contributed by atoms with Crippen molar-refractivity contribution in [2.45, 2.75) is 0 Å². The molecular weight excluding hydrogens is 250 g/mol. The number of rotatable bonds is 7. The molecule has 1 aromatic carbocycles. The van der Waals surface area contributed by atoms with E-state index in [9.17, 15) is 14.9 Å². The number of nitro benzene ring substituents is 1. The van der Waals surface area contributed by atoms with Crippen molar-refractivity contribution < 1.29 is 14.5 Å². The molecule has 7 heteroatoms. The third-order valence-electron chi connectivity index (χ3n) is 2.37. The van der Waals surface area contributed by atoms with Gasteiger partial charge in [-0.15, -0.1) is 0 Å². The van der Waals surface area contributed by atoms with Gasteiger partial charge < -0.3 is 15.0 Å². The van der Waals surface area contributed by atoms with E-state index < -0.39 is 4.92 Å².